The molecule has 0 radical (unpaired) electrons. The van der Waals surface area contributed by atoms with Crippen molar-refractivity contribution in [2.45, 2.75) is 12.8 Å². The topological polar surface area (TPSA) is 9.23 Å². The molecule has 0 bridgehead atoms. The molecule has 0 aromatic carbocycles. The predicted octanol–water partition coefficient (Wildman–Crippen LogP) is 0.797. The van der Waals surface area contributed by atoms with E-state index in [1.54, 1.807) is 0 Å². The second-order valence-corrected chi connectivity index (χ2v) is 1.18. The van der Waals surface area contributed by atoms with Crippen LogP contribution in [0.15, 0.2) is 0 Å². The molecule has 0 saturated carbocycles. The van der Waals surface area contributed by atoms with Crippen molar-refractivity contribution < 1.29 is 6.11 Å². The molecule has 30 valence electrons. The smallest absolute Gasteiger partial charge is 0.0567 e. The van der Waals surface area contributed by atoms with E-state index in [9.17, 15) is 0 Å². The Morgan fingerprint density at radius 3 is 2.80 bits per heavy atom. The number of hydrogen-bond acceptors (Lipinski definition) is 1. The third kappa shape index (κ3) is 0.618. The van der Waals surface area contributed by atoms with Crippen LogP contribution in [0.2, 0.25) is 0 Å². The molecule has 0 aromatic rings. The lowest BCUT2D eigenvalue weighted by atomic mass is 10.4. The van der Waals surface area contributed by atoms with E-state index in [4.69, 9.17) is 6.11 Å². The molecule has 1 heteroatoms. The lowest BCUT2D eigenvalue weighted by Gasteiger charge is -1.76. The molecule has 0 spiro atoms. The standard InChI is InChI=1S/C4H8O/c1-2-4-5-3-1/h1-4H2/i3D. The molecule has 1 heterocycles. The van der Waals surface area contributed by atoms with Crippen LogP contribution < -0.4 is 0 Å². The van der Waals surface area contributed by atoms with Crippen LogP contribution in [0.3, 0.4) is 0 Å². The molecule has 0 aromatic heterocycles. The van der Waals surface area contributed by atoms with Gasteiger partial charge in [-0.3, -0.25) is 0 Å². The first kappa shape index (κ1) is 2.19. The van der Waals surface area contributed by atoms with Crippen molar-refractivity contribution in [3.05, 3.63) is 0 Å². The normalized spacial score (nSPS) is 41.6. The molecule has 1 aliphatic heterocycles. The van der Waals surface area contributed by atoms with Gasteiger partial charge in [0.05, 0.1) is 1.37 Å². The average Bonchev–Trinajstić information content (AvgIpc) is 1.86. The van der Waals surface area contributed by atoms with Gasteiger partial charge in [-0.25, -0.2) is 0 Å². The SMILES string of the molecule is [2H]C1CCCO1. The Morgan fingerprint density at radius 1 is 1.60 bits per heavy atom. The van der Waals surface area contributed by atoms with Crippen molar-refractivity contribution in [1.29, 1.82) is 0 Å². The molecule has 0 N–H and O–H groups in total. The van der Waals surface area contributed by atoms with Gasteiger partial charge in [-0.1, -0.05) is 0 Å². The quantitative estimate of drug-likeness (QED) is 0.412. The number of hydrogen-bond donors (Lipinski definition) is 0. The Morgan fingerprint density at radius 2 is 2.60 bits per heavy atom. The highest BCUT2D eigenvalue weighted by Gasteiger charge is 1.94. The Labute approximate surface area is 33.3 Å². The maximum atomic E-state index is 6.91. The van der Waals surface area contributed by atoms with E-state index in [2.05, 4.69) is 0 Å². The van der Waals surface area contributed by atoms with Crippen LogP contribution in [-0.4, -0.2) is 13.2 Å². The van der Waals surface area contributed by atoms with E-state index in [-0.39, 0.29) is 6.58 Å². The first-order valence-corrected chi connectivity index (χ1v) is 1.93. The minimum Gasteiger partial charge on any atom is -0.381 e. The summed E-state index contributed by atoms with van der Waals surface area (Å²) in [6, 6.07) is 0. The van der Waals surface area contributed by atoms with Crippen molar-refractivity contribution in [2.24, 2.45) is 0 Å². The second-order valence-electron chi connectivity index (χ2n) is 1.18. The van der Waals surface area contributed by atoms with E-state index in [1.165, 1.54) is 0 Å². The molecule has 1 aliphatic rings. The molecule has 1 nitrogen and oxygen atoms in total. The average molecular weight is 73.1 g/mol. The molecule has 1 saturated heterocycles. The van der Waals surface area contributed by atoms with Crippen LogP contribution in [0, 0.1) is 0 Å². The van der Waals surface area contributed by atoms with E-state index >= 15 is 0 Å². The van der Waals surface area contributed by atoms with Crippen LogP contribution in [0.5, 0.6) is 0 Å². The highest BCUT2D eigenvalue weighted by molar-refractivity contribution is 4.43. The molecular formula is C4H8O. The summed E-state index contributed by atoms with van der Waals surface area (Å²) in [5, 5.41) is 0. The summed E-state index contributed by atoms with van der Waals surface area (Å²) >= 11 is 0. The van der Waals surface area contributed by atoms with Crippen molar-refractivity contribution in [1.82, 2.24) is 0 Å². The summed E-state index contributed by atoms with van der Waals surface area (Å²) in [4.78, 5) is 0. The fourth-order valence-corrected chi connectivity index (χ4v) is 0.417. The van der Waals surface area contributed by atoms with Gasteiger partial charge >= 0.3 is 0 Å². The fraction of sp³-hybridized carbons (Fsp3) is 1.00. The summed E-state index contributed by atoms with van der Waals surface area (Å²) in [5.41, 5.74) is 0. The summed E-state index contributed by atoms with van der Waals surface area (Å²) in [6.07, 6.45) is 2.01. The summed E-state index contributed by atoms with van der Waals surface area (Å²) in [7, 11) is 0. The van der Waals surface area contributed by atoms with Crippen LogP contribution >= 0.6 is 0 Å². The lowest BCUT2D eigenvalue weighted by Crippen LogP contribution is -1.74. The molecule has 1 unspecified atom stereocenters. The third-order valence-corrected chi connectivity index (χ3v) is 0.702. The van der Waals surface area contributed by atoms with Crippen molar-refractivity contribution in [3.8, 4) is 0 Å². The number of rotatable bonds is 0. The van der Waals surface area contributed by atoms with Crippen LogP contribution in [0.4, 0.5) is 0 Å². The van der Waals surface area contributed by atoms with E-state index in [0.29, 0.717) is 0 Å². The Bertz CT molecular complexity index is 40.8. The summed E-state index contributed by atoms with van der Waals surface area (Å²) < 4.78 is 11.7. The first-order chi connectivity index (χ1) is 2.89. The van der Waals surface area contributed by atoms with Crippen molar-refractivity contribution >= 4 is 0 Å². The van der Waals surface area contributed by atoms with Crippen LogP contribution in [0.25, 0.3) is 0 Å². The van der Waals surface area contributed by atoms with Gasteiger partial charge < -0.3 is 4.74 Å². The monoisotopic (exact) mass is 73.1 g/mol. The zero-order chi connectivity index (χ0) is 4.41. The van der Waals surface area contributed by atoms with Crippen molar-refractivity contribution in [2.75, 3.05) is 13.2 Å². The second kappa shape index (κ2) is 1.41. The summed E-state index contributed by atoms with van der Waals surface area (Å²) in [6.45, 7) is 0.596. The molecule has 0 amide bonds. The van der Waals surface area contributed by atoms with Crippen LogP contribution in [0.1, 0.15) is 14.2 Å². The van der Waals surface area contributed by atoms with E-state index < -0.39 is 0 Å². The zero-order valence-electron chi connectivity index (χ0n) is 4.11. The highest BCUT2D eigenvalue weighted by Crippen LogP contribution is 1.98. The van der Waals surface area contributed by atoms with Gasteiger partial charge in [0.25, 0.3) is 0 Å². The Kier molecular flexibility index (Phi) is 0.618. The Balaban J connectivity index is 2.18. The zero-order valence-corrected chi connectivity index (χ0v) is 3.11. The minimum atomic E-state index is -0.204. The Hall–Kier alpha value is -0.0400. The van der Waals surface area contributed by atoms with Gasteiger partial charge in [0, 0.05) is 13.2 Å². The lowest BCUT2D eigenvalue weighted by molar-refractivity contribution is 0.198. The minimum absolute atomic E-state index is 0.204. The van der Waals surface area contributed by atoms with Crippen LogP contribution in [-0.2, 0) is 4.74 Å². The highest BCUT2D eigenvalue weighted by atomic mass is 16.5. The van der Waals surface area contributed by atoms with E-state index in [0.717, 1.165) is 19.4 Å². The summed E-state index contributed by atoms with van der Waals surface area (Å²) in [5.74, 6) is 0. The molecular weight excluding hydrogens is 64.0 g/mol. The van der Waals surface area contributed by atoms with Gasteiger partial charge in [-0.15, -0.1) is 0 Å². The maximum Gasteiger partial charge on any atom is 0.0567 e. The number of ether oxygens (including phenoxy) is 1. The molecule has 1 atom stereocenters. The van der Waals surface area contributed by atoms with Gasteiger partial charge in [-0.05, 0) is 12.8 Å². The van der Waals surface area contributed by atoms with Gasteiger partial charge in [0.15, 0.2) is 0 Å². The molecule has 1 rings (SSSR count). The van der Waals surface area contributed by atoms with E-state index in [1.807, 2.05) is 0 Å². The predicted molar refractivity (Wildman–Crippen MR) is 20.1 cm³/mol. The first-order valence-electron chi connectivity index (χ1n) is 2.51. The molecule has 5 heavy (non-hydrogen) atoms. The fourth-order valence-electron chi connectivity index (χ4n) is 0.417. The van der Waals surface area contributed by atoms with Gasteiger partial charge in [-0.2, -0.15) is 0 Å². The molecule has 0 aliphatic carbocycles. The van der Waals surface area contributed by atoms with Gasteiger partial charge in [0.2, 0.25) is 0 Å². The van der Waals surface area contributed by atoms with Crippen molar-refractivity contribution in [3.63, 3.8) is 0 Å². The molecule has 1 fully saturated rings. The largest absolute Gasteiger partial charge is 0.381 e. The van der Waals surface area contributed by atoms with Gasteiger partial charge in [0.1, 0.15) is 0 Å². The third-order valence-electron chi connectivity index (χ3n) is 0.702. The maximum absolute atomic E-state index is 6.91.